The third kappa shape index (κ3) is 4.94. The number of nitrogens with zero attached hydrogens (tertiary/aromatic N) is 3. The van der Waals surface area contributed by atoms with Gasteiger partial charge in [0.15, 0.2) is 5.76 Å². The van der Waals surface area contributed by atoms with Crippen LogP contribution in [0.2, 0.25) is 4.34 Å². The molecule has 0 aliphatic rings. The molecule has 3 aromatic rings. The molecule has 0 aliphatic heterocycles. The number of rotatable bonds is 7. The second-order valence-electron chi connectivity index (χ2n) is 6.16. The molecule has 0 spiro atoms. The van der Waals surface area contributed by atoms with Gasteiger partial charge in [-0.15, -0.1) is 11.3 Å². The molecule has 8 heteroatoms. The van der Waals surface area contributed by atoms with Crippen LogP contribution in [0.15, 0.2) is 34.9 Å². The summed E-state index contributed by atoms with van der Waals surface area (Å²) in [6.45, 7) is 2.84. The van der Waals surface area contributed by atoms with Crippen molar-refractivity contribution in [3.63, 3.8) is 0 Å². The van der Waals surface area contributed by atoms with Gasteiger partial charge < -0.3 is 14.1 Å². The third-order valence-electron chi connectivity index (χ3n) is 3.66. The maximum atomic E-state index is 12.0. The van der Waals surface area contributed by atoms with Crippen LogP contribution in [0.25, 0.3) is 22.1 Å². The van der Waals surface area contributed by atoms with E-state index in [0.29, 0.717) is 28.3 Å². The fourth-order valence-corrected chi connectivity index (χ4v) is 3.59. The molecule has 3 heterocycles. The average Bonchev–Trinajstić information content (AvgIpc) is 3.21. The summed E-state index contributed by atoms with van der Waals surface area (Å²) in [5, 5.41) is 0. The maximum absolute atomic E-state index is 12.0. The number of ether oxygens (including phenoxy) is 1. The highest BCUT2D eigenvalue weighted by Gasteiger charge is 2.21. The number of carbonyl (C=O) groups is 1. The van der Waals surface area contributed by atoms with E-state index in [1.165, 1.54) is 11.3 Å². The van der Waals surface area contributed by atoms with Crippen molar-refractivity contribution in [2.45, 2.75) is 19.9 Å². The topological polar surface area (TPSA) is 68.5 Å². The van der Waals surface area contributed by atoms with Crippen LogP contribution in [0, 0.1) is 0 Å². The van der Waals surface area contributed by atoms with E-state index >= 15 is 0 Å². The Morgan fingerprint density at radius 2 is 2.11 bits per heavy atom. The van der Waals surface area contributed by atoms with E-state index in [9.17, 15) is 4.79 Å². The lowest BCUT2D eigenvalue weighted by atomic mass is 10.2. The van der Waals surface area contributed by atoms with Crippen molar-refractivity contribution < 1.29 is 13.9 Å². The van der Waals surface area contributed by atoms with Crippen LogP contribution in [0.4, 0.5) is 0 Å². The number of halogens is 1. The first-order valence-corrected chi connectivity index (χ1v) is 9.66. The lowest BCUT2D eigenvalue weighted by molar-refractivity contribution is -0.142. The van der Waals surface area contributed by atoms with E-state index in [2.05, 4.69) is 9.97 Å². The minimum atomic E-state index is -0.347. The molecule has 27 heavy (non-hydrogen) atoms. The standard InChI is InChI=1S/C19H20ClN3O3S/c1-4-25-17(24)9-14-18(15-7-8-16(20)27-15)26-19(22-14)12-5-6-13(21-10-12)11-23(2)3/h5-8,10H,4,9,11H2,1-3H3. The summed E-state index contributed by atoms with van der Waals surface area (Å²) in [7, 11) is 3.98. The van der Waals surface area contributed by atoms with Gasteiger partial charge in [-0.25, -0.2) is 4.98 Å². The molecule has 3 aromatic heterocycles. The minimum Gasteiger partial charge on any atom is -0.466 e. The van der Waals surface area contributed by atoms with Crippen molar-refractivity contribution in [1.82, 2.24) is 14.9 Å². The fraction of sp³-hybridized carbons (Fsp3) is 0.316. The SMILES string of the molecule is CCOC(=O)Cc1nc(-c2ccc(CN(C)C)nc2)oc1-c1ccc(Cl)s1. The lowest BCUT2D eigenvalue weighted by Gasteiger charge is -2.08. The molecule has 3 rings (SSSR count). The van der Waals surface area contributed by atoms with E-state index in [1.54, 1.807) is 19.2 Å². The number of pyridine rings is 1. The first-order valence-electron chi connectivity index (χ1n) is 8.47. The van der Waals surface area contributed by atoms with Gasteiger partial charge in [0, 0.05) is 12.7 Å². The Balaban J connectivity index is 1.94. The van der Waals surface area contributed by atoms with E-state index in [0.717, 1.165) is 22.7 Å². The molecule has 0 saturated carbocycles. The molecule has 0 N–H and O–H groups in total. The first kappa shape index (κ1) is 19.5. The largest absolute Gasteiger partial charge is 0.466 e. The normalized spacial score (nSPS) is 11.1. The number of hydrogen-bond acceptors (Lipinski definition) is 7. The van der Waals surface area contributed by atoms with Gasteiger partial charge in [0.25, 0.3) is 0 Å². The van der Waals surface area contributed by atoms with Crippen molar-refractivity contribution in [1.29, 1.82) is 0 Å². The van der Waals surface area contributed by atoms with Gasteiger partial charge in [-0.2, -0.15) is 0 Å². The Bertz CT molecular complexity index is 919. The van der Waals surface area contributed by atoms with E-state index < -0.39 is 0 Å². The monoisotopic (exact) mass is 405 g/mol. The highest BCUT2D eigenvalue weighted by Crippen LogP contribution is 2.36. The van der Waals surface area contributed by atoms with Crippen LogP contribution < -0.4 is 0 Å². The summed E-state index contributed by atoms with van der Waals surface area (Å²) in [6, 6.07) is 7.49. The Labute approximate surface area is 166 Å². The second kappa shape index (κ2) is 8.65. The summed E-state index contributed by atoms with van der Waals surface area (Å²) in [5.74, 6) is 0.603. The number of esters is 1. The molecule has 0 amide bonds. The maximum Gasteiger partial charge on any atom is 0.312 e. The Morgan fingerprint density at radius 3 is 2.70 bits per heavy atom. The second-order valence-corrected chi connectivity index (χ2v) is 7.87. The van der Waals surface area contributed by atoms with Crippen molar-refractivity contribution in [3.8, 4) is 22.1 Å². The lowest BCUT2D eigenvalue weighted by Crippen LogP contribution is -2.11. The summed E-state index contributed by atoms with van der Waals surface area (Å²) >= 11 is 7.42. The Hall–Kier alpha value is -2.22. The van der Waals surface area contributed by atoms with Crippen molar-refractivity contribution in [3.05, 3.63) is 46.2 Å². The third-order valence-corrected chi connectivity index (χ3v) is 4.89. The Morgan fingerprint density at radius 1 is 1.30 bits per heavy atom. The first-order chi connectivity index (χ1) is 13.0. The van der Waals surface area contributed by atoms with E-state index in [4.69, 9.17) is 20.8 Å². The fourth-order valence-electron chi connectivity index (χ4n) is 2.54. The van der Waals surface area contributed by atoms with Crippen LogP contribution in [-0.2, 0) is 22.5 Å². The average molecular weight is 406 g/mol. The van der Waals surface area contributed by atoms with Crippen LogP contribution in [0.5, 0.6) is 0 Å². The van der Waals surface area contributed by atoms with Crippen LogP contribution >= 0.6 is 22.9 Å². The molecule has 0 fully saturated rings. The van der Waals surface area contributed by atoms with Crippen molar-refractivity contribution >= 4 is 28.9 Å². The minimum absolute atomic E-state index is 0.0360. The molecule has 0 bridgehead atoms. The summed E-state index contributed by atoms with van der Waals surface area (Å²) in [5.41, 5.74) is 2.23. The molecular weight excluding hydrogens is 386 g/mol. The van der Waals surface area contributed by atoms with Crippen LogP contribution in [-0.4, -0.2) is 41.5 Å². The van der Waals surface area contributed by atoms with E-state index in [-0.39, 0.29) is 12.4 Å². The zero-order valence-corrected chi connectivity index (χ0v) is 16.9. The zero-order chi connectivity index (χ0) is 19.4. The quantitative estimate of drug-likeness (QED) is 0.546. The predicted octanol–water partition coefficient (Wildman–Crippen LogP) is 4.29. The number of hydrogen-bond donors (Lipinski definition) is 0. The molecular formula is C19H20ClN3O3S. The molecule has 0 radical (unpaired) electrons. The highest BCUT2D eigenvalue weighted by molar-refractivity contribution is 7.19. The van der Waals surface area contributed by atoms with Crippen molar-refractivity contribution in [2.75, 3.05) is 20.7 Å². The number of carbonyl (C=O) groups excluding carboxylic acids is 1. The van der Waals surface area contributed by atoms with Crippen molar-refractivity contribution in [2.24, 2.45) is 0 Å². The number of thiophene rings is 1. The molecule has 0 aliphatic carbocycles. The van der Waals surface area contributed by atoms with Crippen LogP contribution in [0.3, 0.4) is 0 Å². The van der Waals surface area contributed by atoms with Gasteiger partial charge in [-0.05, 0) is 45.3 Å². The number of oxazole rings is 1. The van der Waals surface area contributed by atoms with Gasteiger partial charge in [0.05, 0.1) is 39.2 Å². The van der Waals surface area contributed by atoms with E-state index in [1.807, 2.05) is 37.2 Å². The van der Waals surface area contributed by atoms with Gasteiger partial charge in [-0.3, -0.25) is 9.78 Å². The molecule has 0 saturated heterocycles. The zero-order valence-electron chi connectivity index (χ0n) is 15.4. The van der Waals surface area contributed by atoms with Crippen LogP contribution in [0.1, 0.15) is 18.3 Å². The van der Waals surface area contributed by atoms with Gasteiger partial charge in [0.2, 0.25) is 5.89 Å². The Kier molecular flexibility index (Phi) is 6.26. The summed E-state index contributed by atoms with van der Waals surface area (Å²) in [4.78, 5) is 23.8. The molecule has 0 aromatic carbocycles. The number of aromatic nitrogens is 2. The van der Waals surface area contributed by atoms with Gasteiger partial charge >= 0.3 is 5.97 Å². The van der Waals surface area contributed by atoms with Gasteiger partial charge in [0.1, 0.15) is 0 Å². The predicted molar refractivity (Wildman–Crippen MR) is 106 cm³/mol. The highest BCUT2D eigenvalue weighted by atomic mass is 35.5. The molecule has 0 unspecified atom stereocenters. The smallest absolute Gasteiger partial charge is 0.312 e. The molecule has 142 valence electrons. The molecule has 6 nitrogen and oxygen atoms in total. The van der Waals surface area contributed by atoms with Gasteiger partial charge in [-0.1, -0.05) is 11.6 Å². The molecule has 0 atom stereocenters. The summed E-state index contributed by atoms with van der Waals surface area (Å²) < 4.78 is 11.7. The summed E-state index contributed by atoms with van der Waals surface area (Å²) in [6.07, 6.45) is 1.76.